The fourth-order valence-corrected chi connectivity index (χ4v) is 2.14. The van der Waals surface area contributed by atoms with Crippen LogP contribution in [0.1, 0.15) is 22.8 Å². The predicted molar refractivity (Wildman–Crippen MR) is 81.0 cm³/mol. The number of aromatic hydroxyl groups is 2. The molecule has 0 radical (unpaired) electrons. The highest BCUT2D eigenvalue weighted by molar-refractivity contribution is 5.95. The molecule has 0 heterocycles. The third-order valence-corrected chi connectivity index (χ3v) is 3.14. The molecule has 0 unspecified atom stereocenters. The predicted octanol–water partition coefficient (Wildman–Crippen LogP) is 2.34. The lowest BCUT2D eigenvalue weighted by molar-refractivity contribution is 0.0751. The van der Waals surface area contributed by atoms with Crippen molar-refractivity contribution in [3.8, 4) is 11.5 Å². The summed E-state index contributed by atoms with van der Waals surface area (Å²) in [6.07, 6.45) is 0. The minimum atomic E-state index is -0.258. The Morgan fingerprint density at radius 3 is 2.38 bits per heavy atom. The summed E-state index contributed by atoms with van der Waals surface area (Å²) in [5, 5.41) is 19.0. The fourth-order valence-electron chi connectivity index (χ4n) is 2.14. The largest absolute Gasteiger partial charge is 0.508 e. The van der Waals surface area contributed by atoms with E-state index in [2.05, 4.69) is 0 Å². The maximum atomic E-state index is 12.4. The topological polar surface area (TPSA) is 86.8 Å². The number of amides is 1. The van der Waals surface area contributed by atoms with Crippen LogP contribution in [0.5, 0.6) is 11.5 Å². The molecule has 0 aromatic heterocycles. The van der Waals surface area contributed by atoms with Crippen molar-refractivity contribution in [3.05, 3.63) is 53.6 Å². The van der Waals surface area contributed by atoms with E-state index in [-0.39, 0.29) is 23.0 Å². The number of phenolic OH excluding ortho intramolecular Hbond substituents is 2. The van der Waals surface area contributed by atoms with Crippen molar-refractivity contribution >= 4 is 11.6 Å². The lowest BCUT2D eigenvalue weighted by Crippen LogP contribution is -2.30. The van der Waals surface area contributed by atoms with Crippen molar-refractivity contribution in [1.29, 1.82) is 0 Å². The van der Waals surface area contributed by atoms with Crippen LogP contribution in [-0.2, 0) is 6.54 Å². The van der Waals surface area contributed by atoms with Crippen LogP contribution in [0.3, 0.4) is 0 Å². The van der Waals surface area contributed by atoms with E-state index in [1.807, 2.05) is 25.1 Å². The molecule has 0 saturated heterocycles. The zero-order chi connectivity index (χ0) is 15.4. The lowest BCUT2D eigenvalue weighted by atomic mass is 10.1. The van der Waals surface area contributed by atoms with Gasteiger partial charge in [-0.2, -0.15) is 0 Å². The van der Waals surface area contributed by atoms with Crippen LogP contribution in [0.4, 0.5) is 5.69 Å². The number of hydrogen-bond acceptors (Lipinski definition) is 4. The summed E-state index contributed by atoms with van der Waals surface area (Å²) in [5.41, 5.74) is 7.55. The molecule has 0 aliphatic rings. The Labute approximate surface area is 123 Å². The van der Waals surface area contributed by atoms with Crippen LogP contribution in [-0.4, -0.2) is 27.6 Å². The Bertz CT molecular complexity index is 635. The molecule has 2 rings (SSSR count). The molecule has 110 valence electrons. The van der Waals surface area contributed by atoms with Gasteiger partial charge in [0, 0.05) is 30.4 Å². The number of carbonyl (C=O) groups excluding carboxylic acids is 1. The van der Waals surface area contributed by atoms with Crippen LogP contribution < -0.4 is 5.73 Å². The smallest absolute Gasteiger partial charge is 0.254 e. The van der Waals surface area contributed by atoms with Crippen molar-refractivity contribution < 1.29 is 15.0 Å². The Hall–Kier alpha value is -2.69. The standard InChI is InChI=1S/C16H18N2O3/c1-2-18(10-11-4-3-5-13(17)6-11)16(21)12-7-14(19)9-15(20)8-12/h3-9,19-20H,2,10,17H2,1H3. The first-order valence-corrected chi connectivity index (χ1v) is 6.66. The van der Waals surface area contributed by atoms with E-state index in [1.165, 1.54) is 18.2 Å². The maximum Gasteiger partial charge on any atom is 0.254 e. The summed E-state index contributed by atoms with van der Waals surface area (Å²) < 4.78 is 0. The summed E-state index contributed by atoms with van der Waals surface area (Å²) in [6.45, 7) is 2.79. The molecule has 0 aliphatic heterocycles. The number of nitrogen functional groups attached to an aromatic ring is 1. The van der Waals surface area contributed by atoms with Gasteiger partial charge in [-0.05, 0) is 36.8 Å². The molecule has 1 amide bonds. The molecule has 0 saturated carbocycles. The second-order valence-electron chi connectivity index (χ2n) is 4.80. The van der Waals surface area contributed by atoms with Crippen molar-refractivity contribution in [1.82, 2.24) is 4.90 Å². The van der Waals surface area contributed by atoms with Gasteiger partial charge in [-0.25, -0.2) is 0 Å². The average molecular weight is 286 g/mol. The number of nitrogens with zero attached hydrogens (tertiary/aromatic N) is 1. The second-order valence-corrected chi connectivity index (χ2v) is 4.80. The molecule has 2 aromatic carbocycles. The van der Waals surface area contributed by atoms with Crippen molar-refractivity contribution in [3.63, 3.8) is 0 Å². The van der Waals surface area contributed by atoms with Crippen LogP contribution in [0.25, 0.3) is 0 Å². The van der Waals surface area contributed by atoms with Crippen LogP contribution >= 0.6 is 0 Å². The molecular formula is C16H18N2O3. The number of carbonyl (C=O) groups is 1. The first kappa shape index (κ1) is 14.7. The minimum Gasteiger partial charge on any atom is -0.508 e. The monoisotopic (exact) mass is 286 g/mol. The van der Waals surface area contributed by atoms with E-state index in [4.69, 9.17) is 5.73 Å². The molecule has 5 heteroatoms. The average Bonchev–Trinajstić information content (AvgIpc) is 2.43. The van der Waals surface area contributed by atoms with Crippen LogP contribution in [0.15, 0.2) is 42.5 Å². The van der Waals surface area contributed by atoms with Gasteiger partial charge >= 0.3 is 0 Å². The highest BCUT2D eigenvalue weighted by Gasteiger charge is 2.16. The third-order valence-electron chi connectivity index (χ3n) is 3.14. The van der Waals surface area contributed by atoms with E-state index in [0.717, 1.165) is 5.56 Å². The van der Waals surface area contributed by atoms with Gasteiger partial charge in [0.25, 0.3) is 5.91 Å². The van der Waals surface area contributed by atoms with E-state index in [9.17, 15) is 15.0 Å². The van der Waals surface area contributed by atoms with Gasteiger partial charge < -0.3 is 20.8 Å². The first-order valence-electron chi connectivity index (χ1n) is 6.66. The lowest BCUT2D eigenvalue weighted by Gasteiger charge is -2.21. The Kier molecular flexibility index (Phi) is 4.33. The number of anilines is 1. The molecule has 0 bridgehead atoms. The van der Waals surface area contributed by atoms with Gasteiger partial charge in [0.1, 0.15) is 11.5 Å². The first-order chi connectivity index (χ1) is 9.99. The van der Waals surface area contributed by atoms with Gasteiger partial charge in [-0.15, -0.1) is 0 Å². The number of benzene rings is 2. The number of rotatable bonds is 4. The normalized spacial score (nSPS) is 10.3. The number of hydrogen-bond donors (Lipinski definition) is 3. The van der Waals surface area contributed by atoms with Gasteiger partial charge in [-0.3, -0.25) is 4.79 Å². The summed E-state index contributed by atoms with van der Waals surface area (Å²) in [7, 11) is 0. The molecule has 2 aromatic rings. The van der Waals surface area contributed by atoms with E-state index in [1.54, 1.807) is 11.0 Å². The Morgan fingerprint density at radius 1 is 1.14 bits per heavy atom. The summed E-state index contributed by atoms with van der Waals surface area (Å²) in [5.74, 6) is -0.539. The highest BCUT2D eigenvalue weighted by atomic mass is 16.3. The van der Waals surface area contributed by atoms with Crippen LogP contribution in [0, 0.1) is 0 Å². The van der Waals surface area contributed by atoms with Crippen molar-refractivity contribution in [2.45, 2.75) is 13.5 Å². The Balaban J connectivity index is 2.22. The van der Waals surface area contributed by atoms with Gasteiger partial charge in [0.05, 0.1) is 0 Å². The molecule has 5 nitrogen and oxygen atoms in total. The number of phenols is 2. The van der Waals surface area contributed by atoms with Crippen molar-refractivity contribution in [2.75, 3.05) is 12.3 Å². The van der Waals surface area contributed by atoms with Crippen molar-refractivity contribution in [2.24, 2.45) is 0 Å². The van der Waals surface area contributed by atoms with Gasteiger partial charge in [-0.1, -0.05) is 12.1 Å². The molecule has 0 atom stereocenters. The minimum absolute atomic E-state index is 0.140. The quantitative estimate of drug-likeness (QED) is 0.753. The molecular weight excluding hydrogens is 268 g/mol. The van der Waals surface area contributed by atoms with E-state index in [0.29, 0.717) is 18.8 Å². The van der Waals surface area contributed by atoms with E-state index < -0.39 is 0 Å². The van der Waals surface area contributed by atoms with Crippen LogP contribution in [0.2, 0.25) is 0 Å². The molecule has 0 aliphatic carbocycles. The zero-order valence-corrected chi connectivity index (χ0v) is 11.8. The molecule has 0 spiro atoms. The summed E-state index contributed by atoms with van der Waals surface area (Å²) >= 11 is 0. The maximum absolute atomic E-state index is 12.4. The molecule has 0 fully saturated rings. The van der Waals surface area contributed by atoms with E-state index >= 15 is 0 Å². The molecule has 4 N–H and O–H groups in total. The summed E-state index contributed by atoms with van der Waals surface area (Å²) in [4.78, 5) is 14.1. The third kappa shape index (κ3) is 3.66. The molecule has 21 heavy (non-hydrogen) atoms. The Morgan fingerprint density at radius 2 is 1.81 bits per heavy atom. The number of nitrogens with two attached hydrogens (primary N) is 1. The highest BCUT2D eigenvalue weighted by Crippen LogP contribution is 2.22. The SMILES string of the molecule is CCN(Cc1cccc(N)c1)C(=O)c1cc(O)cc(O)c1. The summed E-state index contributed by atoms with van der Waals surface area (Å²) in [6, 6.07) is 11.2. The van der Waals surface area contributed by atoms with Gasteiger partial charge in [0.15, 0.2) is 0 Å². The van der Waals surface area contributed by atoms with Gasteiger partial charge in [0.2, 0.25) is 0 Å². The second kappa shape index (κ2) is 6.17. The zero-order valence-electron chi connectivity index (χ0n) is 11.8. The fraction of sp³-hybridized carbons (Fsp3) is 0.188.